The monoisotopic (exact) mass is 406 g/mol. The van der Waals surface area contributed by atoms with E-state index in [1.807, 2.05) is 12.1 Å². The van der Waals surface area contributed by atoms with Gasteiger partial charge < -0.3 is 10.2 Å². The number of benzene rings is 1. The first-order valence-electron chi connectivity index (χ1n) is 8.26. The van der Waals surface area contributed by atoms with Gasteiger partial charge in [-0.15, -0.1) is 0 Å². The first kappa shape index (κ1) is 17.6. The summed E-state index contributed by atoms with van der Waals surface area (Å²) in [5.74, 6) is 0.165. The topological polar surface area (TPSA) is 32.3 Å². The maximum absolute atomic E-state index is 13.0. The van der Waals surface area contributed by atoms with Crippen LogP contribution >= 0.6 is 27.3 Å². The van der Waals surface area contributed by atoms with Crippen LogP contribution in [0.1, 0.15) is 36.4 Å². The predicted octanol–water partition coefficient (Wildman–Crippen LogP) is 4.35. The molecule has 128 valence electrons. The van der Waals surface area contributed by atoms with E-state index in [1.54, 1.807) is 11.3 Å². The lowest BCUT2D eigenvalue weighted by molar-refractivity contribution is -0.130. The van der Waals surface area contributed by atoms with Gasteiger partial charge in [0.2, 0.25) is 5.91 Å². The molecule has 0 spiro atoms. The summed E-state index contributed by atoms with van der Waals surface area (Å²) in [5.41, 5.74) is 2.05. The third-order valence-electron chi connectivity index (χ3n) is 5.05. The molecule has 1 aliphatic carbocycles. The van der Waals surface area contributed by atoms with Crippen molar-refractivity contribution in [2.75, 3.05) is 20.6 Å². The Labute approximate surface area is 156 Å². The average molecular weight is 407 g/mol. The molecule has 1 atom stereocenters. The van der Waals surface area contributed by atoms with Crippen molar-refractivity contribution >= 4 is 33.2 Å². The van der Waals surface area contributed by atoms with Crippen molar-refractivity contribution in [2.45, 2.75) is 30.7 Å². The molecular weight excluding hydrogens is 384 g/mol. The Kier molecular flexibility index (Phi) is 5.42. The number of halogens is 1. The summed E-state index contributed by atoms with van der Waals surface area (Å²) in [6.07, 6.45) is 2.99. The largest absolute Gasteiger partial charge is 0.353 e. The van der Waals surface area contributed by atoms with Gasteiger partial charge in [0.25, 0.3) is 0 Å². The van der Waals surface area contributed by atoms with Gasteiger partial charge in [0, 0.05) is 11.0 Å². The number of amides is 1. The van der Waals surface area contributed by atoms with E-state index in [2.05, 4.69) is 69.2 Å². The Hall–Kier alpha value is -1.17. The minimum Gasteiger partial charge on any atom is -0.353 e. The molecule has 1 fully saturated rings. The number of carbonyl (C=O) groups is 1. The van der Waals surface area contributed by atoms with Gasteiger partial charge in [0.05, 0.1) is 11.5 Å². The number of nitrogens with one attached hydrogen (secondary N) is 1. The summed E-state index contributed by atoms with van der Waals surface area (Å²) >= 11 is 5.17. The first-order valence-corrected chi connectivity index (χ1v) is 9.99. The van der Waals surface area contributed by atoms with Crippen LogP contribution in [0.4, 0.5) is 0 Å². The molecule has 3 nitrogen and oxygen atoms in total. The van der Waals surface area contributed by atoms with Crippen molar-refractivity contribution in [3.63, 3.8) is 0 Å². The van der Waals surface area contributed by atoms with Crippen molar-refractivity contribution in [3.05, 3.63) is 56.7 Å². The normalized spacial score (nSPS) is 17.3. The summed E-state index contributed by atoms with van der Waals surface area (Å²) < 4.78 is 1.05. The molecule has 24 heavy (non-hydrogen) atoms. The van der Waals surface area contributed by atoms with Gasteiger partial charge in [-0.1, -0.05) is 34.5 Å². The van der Waals surface area contributed by atoms with E-state index in [0.717, 1.165) is 29.3 Å². The van der Waals surface area contributed by atoms with Crippen molar-refractivity contribution in [2.24, 2.45) is 0 Å². The molecular formula is C19H23BrN2OS. The summed E-state index contributed by atoms with van der Waals surface area (Å²) in [7, 11) is 4.12. The minimum atomic E-state index is -0.341. The predicted molar refractivity (Wildman–Crippen MR) is 103 cm³/mol. The number of thiophene rings is 1. The number of hydrogen-bond donors (Lipinski definition) is 1. The van der Waals surface area contributed by atoms with Gasteiger partial charge in [-0.3, -0.25) is 4.79 Å². The lowest BCUT2D eigenvalue weighted by Crippen LogP contribution is -2.50. The number of hydrogen-bond acceptors (Lipinski definition) is 3. The van der Waals surface area contributed by atoms with Crippen molar-refractivity contribution in [3.8, 4) is 0 Å². The quantitative estimate of drug-likeness (QED) is 0.772. The Balaban J connectivity index is 1.72. The van der Waals surface area contributed by atoms with Gasteiger partial charge in [-0.25, -0.2) is 0 Å². The van der Waals surface area contributed by atoms with E-state index in [-0.39, 0.29) is 17.4 Å². The smallest absolute Gasteiger partial charge is 0.230 e. The zero-order valence-corrected chi connectivity index (χ0v) is 16.5. The number of carbonyl (C=O) groups excluding carboxylic acids is 1. The third-order valence-corrected chi connectivity index (χ3v) is 6.28. The SMILES string of the molecule is CN(C)C(CNC(=O)C1(c2ccc(Br)cc2)CCC1)c1ccsc1. The van der Waals surface area contributed by atoms with Gasteiger partial charge in [0.15, 0.2) is 0 Å². The van der Waals surface area contributed by atoms with Crippen LogP contribution < -0.4 is 5.32 Å². The second kappa shape index (κ2) is 7.38. The zero-order chi connectivity index (χ0) is 17.2. The Morgan fingerprint density at radius 3 is 2.50 bits per heavy atom. The molecule has 1 aliphatic rings. The molecule has 1 aromatic carbocycles. The number of likely N-dealkylation sites (N-methyl/N-ethyl adjacent to an activating group) is 1. The van der Waals surface area contributed by atoms with Crippen molar-refractivity contribution < 1.29 is 4.79 Å². The highest BCUT2D eigenvalue weighted by Crippen LogP contribution is 2.44. The summed E-state index contributed by atoms with van der Waals surface area (Å²) in [6, 6.07) is 10.5. The van der Waals surface area contributed by atoms with E-state index in [0.29, 0.717) is 6.54 Å². The maximum Gasteiger partial charge on any atom is 0.230 e. The van der Waals surface area contributed by atoms with E-state index < -0.39 is 0 Å². The number of nitrogens with zero attached hydrogens (tertiary/aromatic N) is 1. The van der Waals surface area contributed by atoms with Gasteiger partial charge >= 0.3 is 0 Å². The van der Waals surface area contributed by atoms with E-state index in [4.69, 9.17) is 0 Å². The number of rotatable bonds is 6. The molecule has 0 aliphatic heterocycles. The summed E-state index contributed by atoms with van der Waals surface area (Å²) in [5, 5.41) is 7.46. The fraction of sp³-hybridized carbons (Fsp3) is 0.421. The highest BCUT2D eigenvalue weighted by Gasteiger charge is 2.45. The lowest BCUT2D eigenvalue weighted by Gasteiger charge is -2.41. The zero-order valence-electron chi connectivity index (χ0n) is 14.1. The molecule has 0 radical (unpaired) electrons. The van der Waals surface area contributed by atoms with Crippen molar-refractivity contribution in [1.82, 2.24) is 10.2 Å². The fourth-order valence-electron chi connectivity index (χ4n) is 3.37. The van der Waals surface area contributed by atoms with Gasteiger partial charge in [-0.05, 0) is 67.0 Å². The first-order chi connectivity index (χ1) is 11.5. The Morgan fingerprint density at radius 1 is 1.29 bits per heavy atom. The maximum atomic E-state index is 13.0. The van der Waals surface area contributed by atoms with Crippen LogP contribution in [0.3, 0.4) is 0 Å². The Morgan fingerprint density at radius 2 is 2.00 bits per heavy atom. The molecule has 5 heteroatoms. The molecule has 2 aromatic rings. The summed E-state index contributed by atoms with van der Waals surface area (Å²) in [6.45, 7) is 0.640. The standard InChI is InChI=1S/C19H23BrN2OS/c1-22(2)17(14-8-11-24-13-14)12-21-18(23)19(9-3-10-19)15-4-6-16(20)7-5-15/h4-8,11,13,17H,3,9-10,12H2,1-2H3,(H,21,23). The van der Waals surface area contributed by atoms with Crippen LogP contribution in [0.2, 0.25) is 0 Å². The highest BCUT2D eigenvalue weighted by molar-refractivity contribution is 9.10. The molecule has 1 aromatic heterocycles. The molecule has 1 saturated carbocycles. The van der Waals surface area contributed by atoms with E-state index in [1.165, 1.54) is 5.56 Å². The van der Waals surface area contributed by atoms with Crippen LogP contribution in [0, 0.1) is 0 Å². The second-order valence-corrected chi connectivity index (χ2v) is 8.38. The van der Waals surface area contributed by atoms with Crippen molar-refractivity contribution in [1.29, 1.82) is 0 Å². The summed E-state index contributed by atoms with van der Waals surface area (Å²) in [4.78, 5) is 15.2. The molecule has 1 unspecified atom stereocenters. The molecule has 3 rings (SSSR count). The molecule has 0 saturated heterocycles. The Bertz CT molecular complexity index is 678. The molecule has 1 heterocycles. The highest BCUT2D eigenvalue weighted by atomic mass is 79.9. The molecule has 1 amide bonds. The van der Waals surface area contributed by atoms with Crippen LogP contribution in [-0.2, 0) is 10.2 Å². The van der Waals surface area contributed by atoms with Crippen LogP contribution in [-0.4, -0.2) is 31.4 Å². The molecule has 0 bridgehead atoms. The minimum absolute atomic E-state index is 0.165. The van der Waals surface area contributed by atoms with Gasteiger partial charge in [0.1, 0.15) is 0 Å². The van der Waals surface area contributed by atoms with Crippen LogP contribution in [0.5, 0.6) is 0 Å². The van der Waals surface area contributed by atoms with Gasteiger partial charge in [-0.2, -0.15) is 11.3 Å². The van der Waals surface area contributed by atoms with Crippen LogP contribution in [0.15, 0.2) is 45.6 Å². The van der Waals surface area contributed by atoms with Crippen LogP contribution in [0.25, 0.3) is 0 Å². The lowest BCUT2D eigenvalue weighted by atomic mass is 9.64. The second-order valence-electron chi connectivity index (χ2n) is 6.69. The third kappa shape index (κ3) is 3.44. The van der Waals surface area contributed by atoms with E-state index >= 15 is 0 Å². The average Bonchev–Trinajstić information content (AvgIpc) is 3.02. The fourth-order valence-corrected chi connectivity index (χ4v) is 4.34. The molecule has 1 N–H and O–H groups in total. The van der Waals surface area contributed by atoms with E-state index in [9.17, 15) is 4.79 Å².